The van der Waals surface area contributed by atoms with E-state index in [0.29, 0.717) is 36.9 Å². The number of rotatable bonds is 7. The molecule has 22 heavy (non-hydrogen) atoms. The number of hydrogen-bond acceptors (Lipinski definition) is 3. The standard InChI is InChI=1S/C17H19ClN2O2/c1-2-22-17-14(6-4-10-19-17)12-20-16(21)9-8-13-5-3-7-15(18)11-13/h3-7,10-11H,2,8-9,12H2,1H3,(H,20,21). The number of aryl methyl sites for hydroxylation is 1. The minimum absolute atomic E-state index is 0.00808. The van der Waals surface area contributed by atoms with Crippen LogP contribution < -0.4 is 10.1 Å². The summed E-state index contributed by atoms with van der Waals surface area (Å²) in [5.74, 6) is 0.561. The number of carbonyl (C=O) groups excluding carboxylic acids is 1. The highest BCUT2D eigenvalue weighted by Crippen LogP contribution is 2.14. The summed E-state index contributed by atoms with van der Waals surface area (Å²) in [7, 11) is 0. The molecule has 0 aliphatic rings. The van der Waals surface area contributed by atoms with Crippen LogP contribution in [0.1, 0.15) is 24.5 Å². The monoisotopic (exact) mass is 318 g/mol. The van der Waals surface area contributed by atoms with E-state index in [-0.39, 0.29) is 5.91 Å². The van der Waals surface area contributed by atoms with Crippen molar-refractivity contribution in [3.05, 3.63) is 58.7 Å². The van der Waals surface area contributed by atoms with E-state index < -0.39 is 0 Å². The molecule has 0 aliphatic carbocycles. The molecule has 0 atom stereocenters. The molecule has 0 saturated carbocycles. The van der Waals surface area contributed by atoms with E-state index in [9.17, 15) is 4.79 Å². The lowest BCUT2D eigenvalue weighted by molar-refractivity contribution is -0.121. The molecule has 0 bridgehead atoms. The molecule has 0 aliphatic heterocycles. The number of benzene rings is 1. The van der Waals surface area contributed by atoms with Crippen molar-refractivity contribution in [2.45, 2.75) is 26.3 Å². The first-order chi connectivity index (χ1) is 10.7. The molecular weight excluding hydrogens is 300 g/mol. The first kappa shape index (κ1) is 16.3. The van der Waals surface area contributed by atoms with E-state index >= 15 is 0 Å². The predicted octanol–water partition coefficient (Wildman–Crippen LogP) is 3.38. The Morgan fingerprint density at radius 1 is 1.32 bits per heavy atom. The fourth-order valence-corrected chi connectivity index (χ4v) is 2.27. The molecule has 2 rings (SSSR count). The summed E-state index contributed by atoms with van der Waals surface area (Å²) >= 11 is 5.93. The van der Waals surface area contributed by atoms with Gasteiger partial charge in [0.05, 0.1) is 6.61 Å². The van der Waals surface area contributed by atoms with Gasteiger partial charge in [-0.25, -0.2) is 4.98 Å². The summed E-state index contributed by atoms with van der Waals surface area (Å²) in [6.07, 6.45) is 2.76. The maximum Gasteiger partial charge on any atom is 0.220 e. The summed E-state index contributed by atoms with van der Waals surface area (Å²) in [6.45, 7) is 2.87. The average molecular weight is 319 g/mol. The first-order valence-electron chi connectivity index (χ1n) is 7.27. The van der Waals surface area contributed by atoms with E-state index in [1.807, 2.05) is 43.3 Å². The molecule has 1 heterocycles. The molecule has 2 aromatic rings. The average Bonchev–Trinajstić information content (AvgIpc) is 2.52. The molecule has 5 heteroatoms. The molecule has 0 fully saturated rings. The van der Waals surface area contributed by atoms with E-state index in [2.05, 4.69) is 10.3 Å². The van der Waals surface area contributed by atoms with Crippen LogP contribution in [0.2, 0.25) is 5.02 Å². The van der Waals surface area contributed by atoms with Gasteiger partial charge in [-0.15, -0.1) is 0 Å². The van der Waals surface area contributed by atoms with Gasteiger partial charge in [0, 0.05) is 29.7 Å². The van der Waals surface area contributed by atoms with Crippen LogP contribution in [-0.2, 0) is 17.8 Å². The van der Waals surface area contributed by atoms with Gasteiger partial charge in [-0.1, -0.05) is 29.8 Å². The first-order valence-corrected chi connectivity index (χ1v) is 7.64. The third kappa shape index (κ3) is 5.04. The van der Waals surface area contributed by atoms with Crippen molar-refractivity contribution in [2.24, 2.45) is 0 Å². The van der Waals surface area contributed by atoms with Crippen LogP contribution in [0, 0.1) is 0 Å². The normalized spacial score (nSPS) is 10.3. The molecule has 1 N–H and O–H groups in total. The number of amides is 1. The Morgan fingerprint density at radius 3 is 2.95 bits per heavy atom. The van der Waals surface area contributed by atoms with E-state index in [1.165, 1.54) is 0 Å². The summed E-state index contributed by atoms with van der Waals surface area (Å²) in [4.78, 5) is 16.1. The van der Waals surface area contributed by atoms with Gasteiger partial charge in [-0.05, 0) is 37.1 Å². The van der Waals surface area contributed by atoms with Gasteiger partial charge in [0.1, 0.15) is 0 Å². The zero-order valence-corrected chi connectivity index (χ0v) is 13.3. The molecule has 0 saturated heterocycles. The van der Waals surface area contributed by atoms with Crippen LogP contribution in [0.3, 0.4) is 0 Å². The number of pyridine rings is 1. The summed E-state index contributed by atoms with van der Waals surface area (Å²) < 4.78 is 5.43. The van der Waals surface area contributed by atoms with Crippen molar-refractivity contribution < 1.29 is 9.53 Å². The van der Waals surface area contributed by atoms with Crippen molar-refractivity contribution in [3.8, 4) is 5.88 Å². The van der Waals surface area contributed by atoms with Crippen molar-refractivity contribution in [1.29, 1.82) is 0 Å². The summed E-state index contributed by atoms with van der Waals surface area (Å²) in [6, 6.07) is 11.3. The van der Waals surface area contributed by atoms with Gasteiger partial charge >= 0.3 is 0 Å². The third-order valence-corrected chi connectivity index (χ3v) is 3.37. The largest absolute Gasteiger partial charge is 0.478 e. The van der Waals surface area contributed by atoms with Crippen LogP contribution in [-0.4, -0.2) is 17.5 Å². The second-order valence-corrected chi connectivity index (χ2v) is 5.24. The molecule has 0 radical (unpaired) electrons. The van der Waals surface area contributed by atoms with Crippen molar-refractivity contribution >= 4 is 17.5 Å². The van der Waals surface area contributed by atoms with Crippen molar-refractivity contribution in [3.63, 3.8) is 0 Å². The topological polar surface area (TPSA) is 51.2 Å². The smallest absolute Gasteiger partial charge is 0.220 e. The Morgan fingerprint density at radius 2 is 2.18 bits per heavy atom. The van der Waals surface area contributed by atoms with Gasteiger partial charge in [-0.3, -0.25) is 4.79 Å². The molecule has 0 spiro atoms. The highest BCUT2D eigenvalue weighted by molar-refractivity contribution is 6.30. The number of aromatic nitrogens is 1. The molecule has 1 aromatic carbocycles. The Bertz CT molecular complexity index is 632. The van der Waals surface area contributed by atoms with E-state index in [0.717, 1.165) is 11.1 Å². The second kappa shape index (κ2) is 8.39. The number of halogens is 1. The molecule has 4 nitrogen and oxygen atoms in total. The van der Waals surface area contributed by atoms with Crippen molar-refractivity contribution in [2.75, 3.05) is 6.61 Å². The lowest BCUT2D eigenvalue weighted by Gasteiger charge is -2.10. The Hall–Kier alpha value is -2.07. The minimum atomic E-state index is -0.00808. The highest BCUT2D eigenvalue weighted by Gasteiger charge is 2.07. The highest BCUT2D eigenvalue weighted by atomic mass is 35.5. The van der Waals surface area contributed by atoms with Crippen LogP contribution in [0.4, 0.5) is 0 Å². The SMILES string of the molecule is CCOc1ncccc1CNC(=O)CCc1cccc(Cl)c1. The quantitative estimate of drug-likeness (QED) is 0.851. The summed E-state index contributed by atoms with van der Waals surface area (Å²) in [5.41, 5.74) is 1.93. The summed E-state index contributed by atoms with van der Waals surface area (Å²) in [5, 5.41) is 3.58. The Kier molecular flexibility index (Phi) is 6.22. The lowest BCUT2D eigenvalue weighted by Crippen LogP contribution is -2.23. The third-order valence-electron chi connectivity index (χ3n) is 3.14. The maximum absolute atomic E-state index is 11.9. The van der Waals surface area contributed by atoms with Crippen molar-refractivity contribution in [1.82, 2.24) is 10.3 Å². The van der Waals surface area contributed by atoms with Crippen LogP contribution in [0.15, 0.2) is 42.6 Å². The van der Waals surface area contributed by atoms with Gasteiger partial charge in [0.15, 0.2) is 0 Å². The zero-order valence-electron chi connectivity index (χ0n) is 12.5. The minimum Gasteiger partial charge on any atom is -0.478 e. The Labute approximate surface area is 135 Å². The van der Waals surface area contributed by atoms with Gasteiger partial charge in [0.2, 0.25) is 11.8 Å². The maximum atomic E-state index is 11.9. The van der Waals surface area contributed by atoms with Gasteiger partial charge in [-0.2, -0.15) is 0 Å². The fraction of sp³-hybridized carbons (Fsp3) is 0.294. The molecular formula is C17H19ClN2O2. The number of carbonyl (C=O) groups is 1. The predicted molar refractivity (Wildman–Crippen MR) is 87.0 cm³/mol. The van der Waals surface area contributed by atoms with Crippen LogP contribution in [0.25, 0.3) is 0 Å². The zero-order chi connectivity index (χ0) is 15.8. The van der Waals surface area contributed by atoms with E-state index in [1.54, 1.807) is 6.20 Å². The van der Waals surface area contributed by atoms with Gasteiger partial charge < -0.3 is 10.1 Å². The van der Waals surface area contributed by atoms with Crippen LogP contribution in [0.5, 0.6) is 5.88 Å². The molecule has 1 amide bonds. The lowest BCUT2D eigenvalue weighted by atomic mass is 10.1. The number of nitrogens with one attached hydrogen (secondary N) is 1. The van der Waals surface area contributed by atoms with Crippen LogP contribution >= 0.6 is 11.6 Å². The van der Waals surface area contributed by atoms with Gasteiger partial charge in [0.25, 0.3) is 0 Å². The fourth-order valence-electron chi connectivity index (χ4n) is 2.06. The van der Waals surface area contributed by atoms with E-state index in [4.69, 9.17) is 16.3 Å². The Balaban J connectivity index is 1.83. The molecule has 0 unspecified atom stereocenters. The number of ether oxygens (including phenoxy) is 1. The second-order valence-electron chi connectivity index (χ2n) is 4.81. The molecule has 1 aromatic heterocycles. The number of hydrogen-bond donors (Lipinski definition) is 1. The number of nitrogens with zero attached hydrogens (tertiary/aromatic N) is 1. The molecule has 116 valence electrons.